The van der Waals surface area contributed by atoms with Crippen molar-refractivity contribution < 1.29 is 5.11 Å². The molecule has 2 rings (SSSR count). The fourth-order valence-corrected chi connectivity index (χ4v) is 2.47. The Balaban J connectivity index is 2.29. The van der Waals surface area contributed by atoms with Gasteiger partial charge in [-0.25, -0.2) is 4.68 Å². The van der Waals surface area contributed by atoms with Gasteiger partial charge in [-0.3, -0.25) is 0 Å². The maximum absolute atomic E-state index is 9.13. The molecule has 0 spiro atoms. The summed E-state index contributed by atoms with van der Waals surface area (Å²) >= 11 is 0. The van der Waals surface area contributed by atoms with Gasteiger partial charge >= 0.3 is 0 Å². The van der Waals surface area contributed by atoms with Crippen molar-refractivity contribution in [2.45, 2.75) is 45.6 Å². The molecule has 0 fully saturated rings. The Bertz CT molecular complexity index is 536. The van der Waals surface area contributed by atoms with Crippen LogP contribution in [0.25, 0.3) is 5.69 Å². The van der Waals surface area contributed by atoms with Crippen molar-refractivity contribution in [1.29, 1.82) is 0 Å². The van der Waals surface area contributed by atoms with Crippen LogP contribution in [-0.4, -0.2) is 27.5 Å². The summed E-state index contributed by atoms with van der Waals surface area (Å²) in [4.78, 5) is 0. The van der Waals surface area contributed by atoms with E-state index in [4.69, 9.17) is 5.11 Å². The molecule has 2 N–H and O–H groups in total. The Kier molecular flexibility index (Phi) is 5.81. The molecule has 0 bridgehead atoms. The van der Waals surface area contributed by atoms with E-state index >= 15 is 0 Å². The molecular formula is C17H25N3O. The average molecular weight is 287 g/mol. The second-order valence-electron chi connectivity index (χ2n) is 5.28. The Morgan fingerprint density at radius 1 is 1.24 bits per heavy atom. The third kappa shape index (κ3) is 4.08. The topological polar surface area (TPSA) is 50.1 Å². The number of benzene rings is 1. The van der Waals surface area contributed by atoms with E-state index in [0.717, 1.165) is 36.5 Å². The monoisotopic (exact) mass is 287 g/mol. The third-order valence-electron chi connectivity index (χ3n) is 3.61. The molecule has 1 atom stereocenters. The second-order valence-corrected chi connectivity index (χ2v) is 5.28. The third-order valence-corrected chi connectivity index (χ3v) is 3.61. The maximum Gasteiger partial charge on any atom is 0.130 e. The molecule has 0 saturated heterocycles. The Morgan fingerprint density at radius 3 is 2.62 bits per heavy atom. The summed E-state index contributed by atoms with van der Waals surface area (Å²) < 4.78 is 1.93. The predicted molar refractivity (Wildman–Crippen MR) is 87.0 cm³/mol. The summed E-state index contributed by atoms with van der Waals surface area (Å²) in [6.07, 6.45) is 3.97. The van der Waals surface area contributed by atoms with Crippen molar-refractivity contribution in [3.8, 4) is 5.69 Å². The highest BCUT2D eigenvalue weighted by Crippen LogP contribution is 2.20. The van der Waals surface area contributed by atoms with Crippen molar-refractivity contribution in [3.63, 3.8) is 0 Å². The molecular weight excluding hydrogens is 262 g/mol. The molecule has 4 heteroatoms. The van der Waals surface area contributed by atoms with Gasteiger partial charge in [0.15, 0.2) is 0 Å². The van der Waals surface area contributed by atoms with Crippen LogP contribution in [0, 0.1) is 0 Å². The van der Waals surface area contributed by atoms with Crippen molar-refractivity contribution in [1.82, 2.24) is 9.78 Å². The van der Waals surface area contributed by atoms with Crippen LogP contribution in [0.2, 0.25) is 0 Å². The van der Waals surface area contributed by atoms with Gasteiger partial charge in [0.25, 0.3) is 0 Å². The molecule has 0 aliphatic heterocycles. The van der Waals surface area contributed by atoms with Crippen LogP contribution in [0.3, 0.4) is 0 Å². The second kappa shape index (κ2) is 7.84. The zero-order valence-corrected chi connectivity index (χ0v) is 12.9. The summed E-state index contributed by atoms with van der Waals surface area (Å²) in [5, 5.41) is 17.3. The lowest BCUT2D eigenvalue weighted by Gasteiger charge is -2.18. The first-order valence-corrected chi connectivity index (χ1v) is 7.80. The normalized spacial score (nSPS) is 12.3. The molecule has 1 aromatic heterocycles. The Morgan fingerprint density at radius 2 is 2.00 bits per heavy atom. The predicted octanol–water partition coefficient (Wildman–Crippen LogP) is 3.40. The minimum absolute atomic E-state index is 0.122. The van der Waals surface area contributed by atoms with Crippen LogP contribution in [0.1, 0.15) is 38.8 Å². The smallest absolute Gasteiger partial charge is 0.130 e. The highest BCUT2D eigenvalue weighted by molar-refractivity contribution is 5.47. The van der Waals surface area contributed by atoms with Crippen LogP contribution in [0.15, 0.2) is 36.4 Å². The lowest BCUT2D eigenvalue weighted by atomic mass is 10.1. The summed E-state index contributed by atoms with van der Waals surface area (Å²) in [6.45, 7) is 4.53. The van der Waals surface area contributed by atoms with Gasteiger partial charge in [0.2, 0.25) is 0 Å². The quantitative estimate of drug-likeness (QED) is 0.782. The minimum Gasteiger partial charge on any atom is -0.396 e. The summed E-state index contributed by atoms with van der Waals surface area (Å²) in [5.74, 6) is 1.00. The summed E-state index contributed by atoms with van der Waals surface area (Å²) in [5.41, 5.74) is 1.95. The lowest BCUT2D eigenvalue weighted by Crippen LogP contribution is -2.20. The molecule has 0 radical (unpaired) electrons. The largest absolute Gasteiger partial charge is 0.396 e. The first kappa shape index (κ1) is 15.6. The van der Waals surface area contributed by atoms with Crippen LogP contribution in [-0.2, 0) is 6.42 Å². The van der Waals surface area contributed by atoms with Gasteiger partial charge in [-0.2, -0.15) is 5.10 Å². The first-order chi connectivity index (χ1) is 10.3. The van der Waals surface area contributed by atoms with Gasteiger partial charge in [0, 0.05) is 25.1 Å². The zero-order valence-electron chi connectivity index (χ0n) is 12.9. The van der Waals surface area contributed by atoms with Gasteiger partial charge in [-0.05, 0) is 25.0 Å². The fraction of sp³-hybridized carbons (Fsp3) is 0.471. The minimum atomic E-state index is 0.122. The van der Waals surface area contributed by atoms with Gasteiger partial charge < -0.3 is 10.4 Å². The standard InChI is InChI=1S/C17H25N3O/c1-3-8-14(4-2)18-17-13-15(11-12-21)19-20(17)16-9-6-5-7-10-16/h5-7,9-10,13-14,18,21H,3-4,8,11-12H2,1-2H3. The number of hydrogen-bond acceptors (Lipinski definition) is 3. The molecule has 0 aliphatic carbocycles. The number of rotatable bonds is 8. The van der Waals surface area contributed by atoms with E-state index < -0.39 is 0 Å². The SMILES string of the molecule is CCCC(CC)Nc1cc(CCO)nn1-c1ccccc1. The molecule has 0 amide bonds. The lowest BCUT2D eigenvalue weighted by molar-refractivity contribution is 0.298. The van der Waals surface area contributed by atoms with Crippen molar-refractivity contribution in [2.24, 2.45) is 0 Å². The zero-order chi connectivity index (χ0) is 15.1. The van der Waals surface area contributed by atoms with E-state index in [1.165, 1.54) is 0 Å². The Labute approximate surface area is 126 Å². The Hall–Kier alpha value is -1.81. The number of aromatic nitrogens is 2. The fourth-order valence-electron chi connectivity index (χ4n) is 2.47. The van der Waals surface area contributed by atoms with E-state index in [1.54, 1.807) is 0 Å². The van der Waals surface area contributed by atoms with E-state index in [-0.39, 0.29) is 6.61 Å². The molecule has 4 nitrogen and oxygen atoms in total. The number of hydrogen-bond donors (Lipinski definition) is 2. The van der Waals surface area contributed by atoms with E-state index in [1.807, 2.05) is 41.1 Å². The maximum atomic E-state index is 9.13. The number of nitrogens with one attached hydrogen (secondary N) is 1. The van der Waals surface area contributed by atoms with E-state index in [2.05, 4.69) is 24.3 Å². The first-order valence-electron chi connectivity index (χ1n) is 7.80. The molecule has 0 aliphatic rings. The van der Waals surface area contributed by atoms with Gasteiger partial charge in [-0.15, -0.1) is 0 Å². The summed E-state index contributed by atoms with van der Waals surface area (Å²) in [6, 6.07) is 12.6. The van der Waals surface area contributed by atoms with Gasteiger partial charge in [0.1, 0.15) is 5.82 Å². The van der Waals surface area contributed by atoms with E-state index in [9.17, 15) is 0 Å². The van der Waals surface area contributed by atoms with Gasteiger partial charge in [-0.1, -0.05) is 38.5 Å². The van der Waals surface area contributed by atoms with Gasteiger partial charge in [0.05, 0.1) is 11.4 Å². The number of aliphatic hydroxyl groups excluding tert-OH is 1. The number of anilines is 1. The highest BCUT2D eigenvalue weighted by Gasteiger charge is 2.12. The molecule has 2 aromatic rings. The van der Waals surface area contributed by atoms with Crippen LogP contribution >= 0.6 is 0 Å². The summed E-state index contributed by atoms with van der Waals surface area (Å²) in [7, 11) is 0. The van der Waals surface area contributed by atoms with E-state index in [0.29, 0.717) is 12.5 Å². The van der Waals surface area contributed by atoms with Crippen molar-refractivity contribution in [3.05, 3.63) is 42.1 Å². The molecule has 21 heavy (non-hydrogen) atoms. The molecule has 0 saturated carbocycles. The number of nitrogens with zero attached hydrogens (tertiary/aromatic N) is 2. The van der Waals surface area contributed by atoms with Crippen LogP contribution < -0.4 is 5.32 Å². The molecule has 1 heterocycles. The average Bonchev–Trinajstić information content (AvgIpc) is 2.91. The highest BCUT2D eigenvalue weighted by atomic mass is 16.3. The molecule has 114 valence electrons. The van der Waals surface area contributed by atoms with Crippen molar-refractivity contribution in [2.75, 3.05) is 11.9 Å². The van der Waals surface area contributed by atoms with Crippen LogP contribution in [0.5, 0.6) is 0 Å². The van der Waals surface area contributed by atoms with Crippen LogP contribution in [0.4, 0.5) is 5.82 Å². The molecule has 1 unspecified atom stereocenters. The number of aliphatic hydroxyl groups is 1. The number of para-hydroxylation sites is 1. The molecule has 1 aromatic carbocycles. The van der Waals surface area contributed by atoms with Crippen molar-refractivity contribution >= 4 is 5.82 Å².